The lowest BCUT2D eigenvalue weighted by atomic mass is 9.88. The molecule has 1 heterocycles. The molecule has 2 aromatic rings. The van der Waals surface area contributed by atoms with Gasteiger partial charge in [-0.1, -0.05) is 48.0 Å². The van der Waals surface area contributed by atoms with Crippen molar-refractivity contribution >= 4 is 5.91 Å². The predicted molar refractivity (Wildman–Crippen MR) is 126 cm³/mol. The molecule has 2 aromatic carbocycles. The van der Waals surface area contributed by atoms with Crippen molar-refractivity contribution in [2.24, 2.45) is 5.92 Å². The summed E-state index contributed by atoms with van der Waals surface area (Å²) in [7, 11) is 4.94. The number of benzene rings is 2. The monoisotopic (exact) mass is 440 g/mol. The van der Waals surface area contributed by atoms with E-state index in [0.717, 1.165) is 25.4 Å². The summed E-state index contributed by atoms with van der Waals surface area (Å²) < 4.78 is 15.9. The zero-order chi connectivity index (χ0) is 22.9. The molecule has 0 N–H and O–H groups in total. The molecule has 1 aliphatic rings. The van der Waals surface area contributed by atoms with Gasteiger partial charge in [0.1, 0.15) is 12.4 Å². The van der Waals surface area contributed by atoms with Gasteiger partial charge < -0.3 is 19.1 Å². The van der Waals surface area contributed by atoms with Crippen LogP contribution in [0.5, 0.6) is 5.75 Å². The van der Waals surface area contributed by atoms with Crippen LogP contribution >= 0.6 is 0 Å². The minimum atomic E-state index is 0.00962. The summed E-state index contributed by atoms with van der Waals surface area (Å²) in [5, 5.41) is 0. The minimum Gasteiger partial charge on any atom is -0.496 e. The third-order valence-electron chi connectivity index (χ3n) is 6.25. The summed E-state index contributed by atoms with van der Waals surface area (Å²) in [6, 6.07) is 17.0. The van der Waals surface area contributed by atoms with Gasteiger partial charge in [0, 0.05) is 58.4 Å². The van der Waals surface area contributed by atoms with Crippen molar-refractivity contribution in [1.82, 2.24) is 9.80 Å². The van der Waals surface area contributed by atoms with Gasteiger partial charge in [-0.15, -0.1) is 0 Å². The van der Waals surface area contributed by atoms with E-state index in [2.05, 4.69) is 48.2 Å². The van der Waals surface area contributed by atoms with E-state index >= 15 is 0 Å². The van der Waals surface area contributed by atoms with E-state index in [1.807, 2.05) is 17.0 Å². The summed E-state index contributed by atoms with van der Waals surface area (Å²) >= 11 is 0. The van der Waals surface area contributed by atoms with E-state index in [4.69, 9.17) is 14.2 Å². The number of likely N-dealkylation sites (tertiary alicyclic amines) is 1. The van der Waals surface area contributed by atoms with Gasteiger partial charge in [-0.3, -0.25) is 9.69 Å². The molecule has 1 amide bonds. The number of ether oxygens (including phenoxy) is 3. The molecule has 32 heavy (non-hydrogen) atoms. The van der Waals surface area contributed by atoms with Crippen LogP contribution in [0.1, 0.15) is 22.6 Å². The van der Waals surface area contributed by atoms with Crippen LogP contribution in [-0.2, 0) is 20.8 Å². The van der Waals surface area contributed by atoms with Crippen LogP contribution in [0.25, 0.3) is 0 Å². The summed E-state index contributed by atoms with van der Waals surface area (Å²) in [6.07, 6.45) is 0. The van der Waals surface area contributed by atoms with Gasteiger partial charge in [0.2, 0.25) is 5.91 Å². The van der Waals surface area contributed by atoms with E-state index in [9.17, 15) is 4.79 Å². The Kier molecular flexibility index (Phi) is 9.09. The van der Waals surface area contributed by atoms with E-state index in [1.165, 1.54) is 16.7 Å². The van der Waals surface area contributed by atoms with Gasteiger partial charge in [-0.2, -0.15) is 0 Å². The molecule has 6 nitrogen and oxygen atoms in total. The van der Waals surface area contributed by atoms with Gasteiger partial charge in [0.25, 0.3) is 0 Å². The molecule has 1 saturated heterocycles. The second kappa shape index (κ2) is 12.0. The smallest absolute Gasteiger partial charge is 0.248 e. The normalized spacial score (nSPS) is 18.6. The lowest BCUT2D eigenvalue weighted by Crippen LogP contribution is -2.41. The van der Waals surface area contributed by atoms with Crippen LogP contribution in [0.4, 0.5) is 0 Å². The van der Waals surface area contributed by atoms with Gasteiger partial charge in [-0.25, -0.2) is 0 Å². The van der Waals surface area contributed by atoms with Crippen LogP contribution in [0.3, 0.4) is 0 Å². The third-order valence-corrected chi connectivity index (χ3v) is 6.25. The molecule has 3 rings (SSSR count). The first kappa shape index (κ1) is 24.2. The van der Waals surface area contributed by atoms with Crippen LogP contribution < -0.4 is 4.74 Å². The van der Waals surface area contributed by atoms with Crippen molar-refractivity contribution in [3.8, 4) is 5.75 Å². The molecule has 0 saturated carbocycles. The Morgan fingerprint density at radius 1 is 1.03 bits per heavy atom. The van der Waals surface area contributed by atoms with Crippen molar-refractivity contribution in [3.63, 3.8) is 0 Å². The number of methoxy groups -OCH3 is 3. The fraction of sp³-hybridized carbons (Fsp3) is 0.500. The highest BCUT2D eigenvalue weighted by Gasteiger charge is 2.36. The number of para-hydroxylation sites is 1. The fourth-order valence-electron chi connectivity index (χ4n) is 4.56. The zero-order valence-corrected chi connectivity index (χ0v) is 19.8. The predicted octanol–water partition coefficient (Wildman–Crippen LogP) is 3.34. The van der Waals surface area contributed by atoms with Crippen LogP contribution in [0.15, 0.2) is 48.5 Å². The molecule has 0 bridgehead atoms. The number of hydrogen-bond donors (Lipinski definition) is 0. The molecule has 6 heteroatoms. The van der Waals surface area contributed by atoms with Crippen molar-refractivity contribution < 1.29 is 19.0 Å². The Morgan fingerprint density at radius 3 is 2.47 bits per heavy atom. The molecule has 174 valence electrons. The first-order valence-electron chi connectivity index (χ1n) is 11.2. The average molecular weight is 441 g/mol. The van der Waals surface area contributed by atoms with Gasteiger partial charge in [0.05, 0.1) is 13.7 Å². The highest BCUT2D eigenvalue weighted by molar-refractivity contribution is 5.77. The molecular weight excluding hydrogens is 404 g/mol. The molecular formula is C26H36N2O4. The Morgan fingerprint density at radius 2 is 1.78 bits per heavy atom. The molecule has 0 radical (unpaired) electrons. The SMILES string of the molecule is COCCN(CC1CN(Cc2ccccc2OC)CC1c1ccc(C)cc1)C(=O)COC. The Bertz CT molecular complexity index is 855. The maximum absolute atomic E-state index is 12.7. The molecule has 0 aliphatic carbocycles. The second-order valence-electron chi connectivity index (χ2n) is 8.55. The maximum atomic E-state index is 12.7. The van der Waals surface area contributed by atoms with Crippen molar-refractivity contribution in [1.29, 1.82) is 0 Å². The average Bonchev–Trinajstić information content (AvgIpc) is 3.19. The Hall–Kier alpha value is -2.41. The number of nitrogens with zero attached hydrogens (tertiary/aromatic N) is 2. The largest absolute Gasteiger partial charge is 0.496 e. The van der Waals surface area contributed by atoms with Crippen molar-refractivity contribution in [3.05, 3.63) is 65.2 Å². The van der Waals surface area contributed by atoms with Crippen molar-refractivity contribution in [2.75, 3.05) is 60.7 Å². The summed E-state index contributed by atoms with van der Waals surface area (Å²) in [5.41, 5.74) is 3.77. The highest BCUT2D eigenvalue weighted by Crippen LogP contribution is 2.35. The third kappa shape index (κ3) is 6.31. The highest BCUT2D eigenvalue weighted by atomic mass is 16.5. The van der Waals surface area contributed by atoms with Crippen LogP contribution in [0.2, 0.25) is 0 Å². The number of amides is 1. The number of carbonyl (C=O) groups is 1. The lowest BCUT2D eigenvalue weighted by Gasteiger charge is -2.28. The van der Waals surface area contributed by atoms with Crippen molar-refractivity contribution in [2.45, 2.75) is 19.4 Å². The van der Waals surface area contributed by atoms with Gasteiger partial charge in [-0.05, 0) is 24.5 Å². The molecule has 1 aliphatic heterocycles. The molecule has 0 aromatic heterocycles. The summed E-state index contributed by atoms with van der Waals surface area (Å²) in [4.78, 5) is 17.1. The number of hydrogen-bond acceptors (Lipinski definition) is 5. The quantitative estimate of drug-likeness (QED) is 0.536. The summed E-state index contributed by atoms with van der Waals surface area (Å²) in [6.45, 7) is 6.67. The van der Waals surface area contributed by atoms with E-state index in [0.29, 0.717) is 31.5 Å². The lowest BCUT2D eigenvalue weighted by molar-refractivity contribution is -0.136. The van der Waals surface area contributed by atoms with Crippen LogP contribution in [-0.4, -0.2) is 76.4 Å². The fourth-order valence-corrected chi connectivity index (χ4v) is 4.56. The number of carbonyl (C=O) groups excluding carboxylic acids is 1. The Labute approximate surface area is 192 Å². The topological polar surface area (TPSA) is 51.2 Å². The van der Waals surface area contributed by atoms with E-state index in [-0.39, 0.29) is 12.5 Å². The number of rotatable bonds is 11. The number of aryl methyl sites for hydroxylation is 1. The first-order valence-corrected chi connectivity index (χ1v) is 11.2. The molecule has 2 atom stereocenters. The van der Waals surface area contributed by atoms with Gasteiger partial charge >= 0.3 is 0 Å². The molecule has 1 fully saturated rings. The van der Waals surface area contributed by atoms with Gasteiger partial charge in [0.15, 0.2) is 0 Å². The standard InChI is InChI=1S/C26H36N2O4/c1-20-9-11-21(12-10-20)24-18-27(15-22-7-5-6-8-25(22)32-4)16-23(24)17-28(13-14-30-2)26(29)19-31-3/h5-12,23-24H,13-19H2,1-4H3. The van der Waals surface area contributed by atoms with E-state index in [1.54, 1.807) is 21.3 Å². The van der Waals surface area contributed by atoms with Crippen LogP contribution in [0, 0.1) is 12.8 Å². The zero-order valence-electron chi connectivity index (χ0n) is 19.8. The minimum absolute atomic E-state index is 0.00962. The summed E-state index contributed by atoms with van der Waals surface area (Å²) in [5.74, 6) is 1.60. The second-order valence-corrected chi connectivity index (χ2v) is 8.55. The maximum Gasteiger partial charge on any atom is 0.248 e. The Balaban J connectivity index is 1.81. The molecule has 0 spiro atoms. The first-order chi connectivity index (χ1) is 15.5. The van der Waals surface area contributed by atoms with E-state index < -0.39 is 0 Å². The molecule has 2 unspecified atom stereocenters.